The summed E-state index contributed by atoms with van der Waals surface area (Å²) in [6.45, 7) is 1.80. The van der Waals surface area contributed by atoms with Crippen LogP contribution in [0.3, 0.4) is 0 Å². The molecule has 4 nitrogen and oxygen atoms in total. The van der Waals surface area contributed by atoms with Gasteiger partial charge < -0.3 is 10.2 Å². The van der Waals surface area contributed by atoms with Crippen LogP contribution < -0.4 is 5.32 Å². The van der Waals surface area contributed by atoms with Crippen molar-refractivity contribution in [2.75, 3.05) is 24.7 Å². The van der Waals surface area contributed by atoms with E-state index in [0.717, 1.165) is 30.0 Å². The van der Waals surface area contributed by atoms with Crippen molar-refractivity contribution in [2.24, 2.45) is 0 Å². The van der Waals surface area contributed by atoms with Crippen LogP contribution in [0.2, 0.25) is 0 Å². The summed E-state index contributed by atoms with van der Waals surface area (Å²) in [7, 11) is 2.07. The molecular weight excluding hydrogens is 326 g/mol. The van der Waals surface area contributed by atoms with Crippen molar-refractivity contribution in [3.8, 4) is 6.07 Å². The predicted octanol–water partition coefficient (Wildman–Crippen LogP) is 3.34. The van der Waals surface area contributed by atoms with Gasteiger partial charge >= 0.3 is 0 Å². The molecule has 23 heavy (non-hydrogen) atoms. The average Bonchev–Trinajstić information content (AvgIpc) is 2.89. The Labute approximate surface area is 144 Å². The highest BCUT2D eigenvalue weighted by molar-refractivity contribution is 8.00. The molecule has 118 valence electrons. The van der Waals surface area contributed by atoms with Gasteiger partial charge in [-0.05, 0) is 31.2 Å². The second kappa shape index (κ2) is 7.18. The standard InChI is InChI=1S/C17H17N3OS2/c1-20-8-7-13-14(9-18)17(23-15(13)10-20)19-16(21)11-22-12-5-3-2-4-6-12/h2-6H,7-8,10-11H2,1H3,(H,19,21). The van der Waals surface area contributed by atoms with E-state index in [1.165, 1.54) is 28.0 Å². The van der Waals surface area contributed by atoms with Crippen molar-refractivity contribution in [1.82, 2.24) is 4.90 Å². The molecule has 0 atom stereocenters. The molecule has 0 saturated carbocycles. The summed E-state index contributed by atoms with van der Waals surface area (Å²) in [6, 6.07) is 12.1. The number of carbonyl (C=O) groups is 1. The van der Waals surface area contributed by atoms with Crippen LogP contribution in [0.15, 0.2) is 35.2 Å². The normalized spacial score (nSPS) is 14.1. The van der Waals surface area contributed by atoms with Crippen molar-refractivity contribution < 1.29 is 4.79 Å². The van der Waals surface area contributed by atoms with E-state index in [0.29, 0.717) is 16.3 Å². The lowest BCUT2D eigenvalue weighted by atomic mass is 10.0. The van der Waals surface area contributed by atoms with Gasteiger partial charge in [0.25, 0.3) is 0 Å². The van der Waals surface area contributed by atoms with E-state index in [-0.39, 0.29) is 5.91 Å². The summed E-state index contributed by atoms with van der Waals surface area (Å²) in [5.74, 6) is 0.277. The molecule has 1 amide bonds. The summed E-state index contributed by atoms with van der Waals surface area (Å²) in [5, 5.41) is 13.1. The smallest absolute Gasteiger partial charge is 0.235 e. The molecule has 0 fully saturated rings. The van der Waals surface area contributed by atoms with Crippen molar-refractivity contribution >= 4 is 34.0 Å². The van der Waals surface area contributed by atoms with Crippen LogP contribution in [-0.2, 0) is 17.8 Å². The third-order valence-corrected chi connectivity index (χ3v) is 5.87. The van der Waals surface area contributed by atoms with Crippen molar-refractivity contribution in [2.45, 2.75) is 17.9 Å². The number of fused-ring (bicyclic) bond motifs is 1. The minimum absolute atomic E-state index is 0.0673. The van der Waals surface area contributed by atoms with Crippen molar-refractivity contribution in [3.05, 3.63) is 46.3 Å². The number of nitrogens with zero attached hydrogens (tertiary/aromatic N) is 2. The molecule has 3 rings (SSSR count). The fourth-order valence-electron chi connectivity index (χ4n) is 2.57. The van der Waals surface area contributed by atoms with Gasteiger partial charge in [0, 0.05) is 22.9 Å². The van der Waals surface area contributed by atoms with Crippen LogP contribution in [0.4, 0.5) is 5.00 Å². The SMILES string of the molecule is CN1CCc2c(sc(NC(=O)CSc3ccccc3)c2C#N)C1. The van der Waals surface area contributed by atoms with Crippen LogP contribution in [-0.4, -0.2) is 30.2 Å². The number of thioether (sulfide) groups is 1. The Morgan fingerprint density at radius 1 is 1.43 bits per heavy atom. The summed E-state index contributed by atoms with van der Waals surface area (Å²) < 4.78 is 0. The van der Waals surface area contributed by atoms with Gasteiger partial charge in [-0.25, -0.2) is 0 Å². The number of amides is 1. The first-order valence-electron chi connectivity index (χ1n) is 7.38. The van der Waals surface area contributed by atoms with Gasteiger partial charge in [-0.15, -0.1) is 23.1 Å². The number of carbonyl (C=O) groups excluding carboxylic acids is 1. The van der Waals surface area contributed by atoms with Crippen LogP contribution in [0.1, 0.15) is 16.0 Å². The molecular formula is C17H17N3OS2. The Morgan fingerprint density at radius 3 is 2.96 bits per heavy atom. The fourth-order valence-corrected chi connectivity index (χ4v) is 4.58. The lowest BCUT2D eigenvalue weighted by molar-refractivity contribution is -0.113. The van der Waals surface area contributed by atoms with E-state index in [2.05, 4.69) is 23.3 Å². The number of hydrogen-bond donors (Lipinski definition) is 1. The van der Waals surface area contributed by atoms with Crippen LogP contribution in [0.5, 0.6) is 0 Å². The maximum absolute atomic E-state index is 12.2. The number of rotatable bonds is 4. The van der Waals surface area contributed by atoms with E-state index in [4.69, 9.17) is 0 Å². The number of anilines is 1. The Morgan fingerprint density at radius 2 is 2.22 bits per heavy atom. The minimum Gasteiger partial charge on any atom is -0.316 e. The minimum atomic E-state index is -0.0673. The van der Waals surface area contributed by atoms with Gasteiger partial charge in [-0.1, -0.05) is 18.2 Å². The van der Waals surface area contributed by atoms with Gasteiger partial charge in [0.1, 0.15) is 11.1 Å². The lowest BCUT2D eigenvalue weighted by Crippen LogP contribution is -2.25. The molecule has 6 heteroatoms. The maximum Gasteiger partial charge on any atom is 0.235 e. The van der Waals surface area contributed by atoms with Crippen molar-refractivity contribution in [1.29, 1.82) is 5.26 Å². The molecule has 1 aromatic carbocycles. The van der Waals surface area contributed by atoms with E-state index in [1.54, 1.807) is 0 Å². The molecule has 0 unspecified atom stereocenters. The zero-order chi connectivity index (χ0) is 16.2. The second-order valence-corrected chi connectivity index (χ2v) is 7.61. The van der Waals surface area contributed by atoms with Crippen LogP contribution >= 0.6 is 23.1 Å². The molecule has 1 aliphatic rings. The predicted molar refractivity (Wildman–Crippen MR) is 94.9 cm³/mol. The Kier molecular flexibility index (Phi) is 5.01. The summed E-state index contributed by atoms with van der Waals surface area (Å²) in [4.78, 5) is 16.7. The first kappa shape index (κ1) is 16.1. The fraction of sp³-hybridized carbons (Fsp3) is 0.294. The number of thiophene rings is 1. The second-order valence-electron chi connectivity index (χ2n) is 5.46. The Bertz CT molecular complexity index is 749. The highest BCUT2D eigenvalue weighted by Gasteiger charge is 2.23. The molecule has 0 saturated heterocycles. The first-order chi connectivity index (χ1) is 11.2. The Hall–Kier alpha value is -1.81. The monoisotopic (exact) mass is 343 g/mol. The van der Waals surface area contributed by atoms with E-state index in [9.17, 15) is 10.1 Å². The van der Waals surface area contributed by atoms with Crippen molar-refractivity contribution in [3.63, 3.8) is 0 Å². The summed E-state index contributed by atoms with van der Waals surface area (Å²) in [6.07, 6.45) is 0.875. The zero-order valence-corrected chi connectivity index (χ0v) is 14.5. The van der Waals surface area contributed by atoms with Crippen LogP contribution in [0.25, 0.3) is 0 Å². The number of benzene rings is 1. The summed E-state index contributed by atoms with van der Waals surface area (Å²) >= 11 is 3.03. The third kappa shape index (κ3) is 3.75. The van der Waals surface area contributed by atoms with E-state index in [1.807, 2.05) is 30.3 Å². The topological polar surface area (TPSA) is 56.1 Å². The van der Waals surface area contributed by atoms with Crippen LogP contribution in [0, 0.1) is 11.3 Å². The third-order valence-electron chi connectivity index (χ3n) is 3.73. The van der Waals surface area contributed by atoms with Gasteiger partial charge in [-0.2, -0.15) is 5.26 Å². The quantitative estimate of drug-likeness (QED) is 0.865. The number of likely N-dealkylation sites (N-methyl/N-ethyl adjacent to an activating group) is 1. The van der Waals surface area contributed by atoms with E-state index < -0.39 is 0 Å². The molecule has 2 heterocycles. The first-order valence-corrected chi connectivity index (χ1v) is 9.18. The van der Waals surface area contributed by atoms with E-state index >= 15 is 0 Å². The van der Waals surface area contributed by atoms with Gasteiger partial charge in [0.2, 0.25) is 5.91 Å². The zero-order valence-electron chi connectivity index (χ0n) is 12.8. The molecule has 0 bridgehead atoms. The van der Waals surface area contributed by atoms with Gasteiger partial charge in [-0.3, -0.25) is 4.79 Å². The molecule has 0 spiro atoms. The molecule has 2 aromatic rings. The lowest BCUT2D eigenvalue weighted by Gasteiger charge is -2.21. The molecule has 1 aliphatic heterocycles. The van der Waals surface area contributed by atoms with Gasteiger partial charge in [0.15, 0.2) is 0 Å². The number of nitriles is 1. The number of nitrogens with one attached hydrogen (secondary N) is 1. The Balaban J connectivity index is 1.68. The molecule has 0 aliphatic carbocycles. The summed E-state index contributed by atoms with van der Waals surface area (Å²) in [5.41, 5.74) is 1.76. The number of hydrogen-bond acceptors (Lipinski definition) is 5. The highest BCUT2D eigenvalue weighted by atomic mass is 32.2. The molecule has 1 aromatic heterocycles. The largest absolute Gasteiger partial charge is 0.316 e. The molecule has 1 N–H and O–H groups in total. The van der Waals surface area contributed by atoms with Gasteiger partial charge in [0.05, 0.1) is 11.3 Å². The maximum atomic E-state index is 12.2. The molecule has 0 radical (unpaired) electrons. The highest BCUT2D eigenvalue weighted by Crippen LogP contribution is 2.36. The average molecular weight is 343 g/mol.